The molecule has 2 aromatic carbocycles. The average Bonchev–Trinajstić information content (AvgIpc) is 2.75. The molecule has 0 spiro atoms. The molecule has 158 valence electrons. The van der Waals surface area contributed by atoms with Gasteiger partial charge in [0, 0.05) is 18.0 Å². The summed E-state index contributed by atoms with van der Waals surface area (Å²) in [5, 5.41) is 17.9. The number of aryl methyl sites for hydroxylation is 1. The highest BCUT2D eigenvalue weighted by Crippen LogP contribution is 2.25. The van der Waals surface area contributed by atoms with E-state index >= 15 is 0 Å². The Labute approximate surface area is 182 Å². The van der Waals surface area contributed by atoms with Gasteiger partial charge in [0.25, 0.3) is 5.91 Å². The molecule has 0 saturated carbocycles. The number of hydrazone groups is 1. The third-order valence-electron chi connectivity index (χ3n) is 4.02. The topological polar surface area (TPSA) is 119 Å². The van der Waals surface area contributed by atoms with Gasteiger partial charge in [0.1, 0.15) is 5.75 Å². The molecule has 0 fully saturated rings. The van der Waals surface area contributed by atoms with Crippen LogP contribution in [0.25, 0.3) is 0 Å². The first-order chi connectivity index (χ1) is 14.9. The lowest BCUT2D eigenvalue weighted by Crippen LogP contribution is -2.20. The molecule has 0 aliphatic carbocycles. The number of anilines is 2. The molecule has 31 heavy (non-hydrogen) atoms. The predicted molar refractivity (Wildman–Crippen MR) is 119 cm³/mol. The van der Waals surface area contributed by atoms with Gasteiger partial charge in [-0.15, -0.1) is 0 Å². The number of carbonyl (C=O) groups excluding carboxylic acids is 1. The molecule has 10 heteroatoms. The maximum absolute atomic E-state index is 12.0. The van der Waals surface area contributed by atoms with Crippen LogP contribution in [0.3, 0.4) is 0 Å². The van der Waals surface area contributed by atoms with Gasteiger partial charge in [0.05, 0.1) is 16.2 Å². The summed E-state index contributed by atoms with van der Waals surface area (Å²) in [7, 11) is 0. The number of hydrogen-bond donors (Lipinski definition) is 2. The van der Waals surface area contributed by atoms with Crippen molar-refractivity contribution in [2.75, 3.05) is 17.3 Å². The van der Waals surface area contributed by atoms with E-state index in [2.05, 4.69) is 20.8 Å². The minimum atomic E-state index is -0.553. The normalized spacial score (nSPS) is 10.6. The second-order valence-electron chi connectivity index (χ2n) is 6.39. The monoisotopic (exact) mass is 439 g/mol. The van der Waals surface area contributed by atoms with Crippen molar-refractivity contribution in [3.8, 4) is 5.75 Å². The Morgan fingerprint density at radius 2 is 2.03 bits per heavy atom. The summed E-state index contributed by atoms with van der Waals surface area (Å²) in [5.74, 6) is 0.0484. The summed E-state index contributed by atoms with van der Waals surface area (Å²) in [5.41, 5.74) is 4.74. The molecule has 0 unspecified atom stereocenters. The van der Waals surface area contributed by atoms with Crippen molar-refractivity contribution in [1.29, 1.82) is 0 Å². The number of benzene rings is 2. The summed E-state index contributed by atoms with van der Waals surface area (Å²) in [6.07, 6.45) is 2.85. The molecule has 2 N–H and O–H groups in total. The van der Waals surface area contributed by atoms with Crippen molar-refractivity contribution in [3.05, 3.63) is 87.1 Å². The highest BCUT2D eigenvalue weighted by atomic mass is 35.5. The molecule has 1 heterocycles. The molecule has 0 bridgehead atoms. The lowest BCUT2D eigenvalue weighted by atomic mass is 10.2. The van der Waals surface area contributed by atoms with Crippen LogP contribution >= 0.6 is 11.6 Å². The summed E-state index contributed by atoms with van der Waals surface area (Å²) >= 11 is 6.21. The van der Waals surface area contributed by atoms with E-state index in [-0.39, 0.29) is 29.0 Å². The highest BCUT2D eigenvalue weighted by molar-refractivity contribution is 6.32. The smallest absolute Gasteiger partial charge is 0.313 e. The van der Waals surface area contributed by atoms with Crippen LogP contribution < -0.4 is 15.5 Å². The molecular formula is C21H18ClN5O4. The average molecular weight is 440 g/mol. The van der Waals surface area contributed by atoms with E-state index in [0.717, 1.165) is 5.56 Å². The van der Waals surface area contributed by atoms with Gasteiger partial charge in [-0.05, 0) is 48.9 Å². The van der Waals surface area contributed by atoms with E-state index in [9.17, 15) is 14.9 Å². The number of nitro groups is 1. The van der Waals surface area contributed by atoms with Crippen LogP contribution in [-0.2, 0) is 4.79 Å². The first kappa shape index (κ1) is 21.7. The lowest BCUT2D eigenvalue weighted by molar-refractivity contribution is -0.384. The van der Waals surface area contributed by atoms with E-state index < -0.39 is 4.92 Å². The Morgan fingerprint density at radius 1 is 1.26 bits per heavy atom. The van der Waals surface area contributed by atoms with E-state index in [4.69, 9.17) is 16.3 Å². The minimum Gasteiger partial charge on any atom is -0.482 e. The van der Waals surface area contributed by atoms with Crippen molar-refractivity contribution in [2.24, 2.45) is 5.10 Å². The molecule has 9 nitrogen and oxygen atoms in total. The van der Waals surface area contributed by atoms with Crippen LogP contribution in [0.2, 0.25) is 5.02 Å². The molecular weight excluding hydrogens is 422 g/mol. The first-order valence-corrected chi connectivity index (χ1v) is 9.47. The first-order valence-electron chi connectivity index (χ1n) is 9.10. The van der Waals surface area contributed by atoms with Gasteiger partial charge >= 0.3 is 5.69 Å². The Morgan fingerprint density at radius 3 is 2.74 bits per heavy atom. The van der Waals surface area contributed by atoms with Gasteiger partial charge < -0.3 is 10.1 Å². The van der Waals surface area contributed by atoms with Crippen LogP contribution in [0.1, 0.15) is 11.1 Å². The number of nitrogens with zero attached hydrogens (tertiary/aromatic N) is 3. The Balaban J connectivity index is 1.56. The zero-order chi connectivity index (χ0) is 22.2. The fraction of sp³-hybridized carbons (Fsp3) is 0.0952. The van der Waals surface area contributed by atoms with E-state index in [1.807, 2.05) is 31.2 Å². The number of halogens is 1. The summed E-state index contributed by atoms with van der Waals surface area (Å²) in [6, 6.07) is 15.1. The number of carbonyl (C=O) groups is 1. The second-order valence-corrected chi connectivity index (χ2v) is 6.80. The molecule has 0 saturated heterocycles. The van der Waals surface area contributed by atoms with Gasteiger partial charge in [0.15, 0.2) is 6.61 Å². The quantitative estimate of drug-likeness (QED) is 0.305. The Bertz CT molecular complexity index is 1120. The van der Waals surface area contributed by atoms with Gasteiger partial charge in [-0.3, -0.25) is 20.3 Å². The molecule has 1 amide bonds. The Hall–Kier alpha value is -3.98. The number of nitrogens with one attached hydrogen (secondary N) is 2. The SMILES string of the molecule is Cc1ccc(NC(=O)COc2ccc(/C=N\Nc3ncccc3[N+](=O)[O-])cc2Cl)cc1. The lowest BCUT2D eigenvalue weighted by Gasteiger charge is -2.09. The maximum Gasteiger partial charge on any atom is 0.313 e. The third kappa shape index (κ3) is 6.25. The number of ether oxygens (including phenoxy) is 1. The van der Waals surface area contributed by atoms with Crippen LogP contribution in [0, 0.1) is 17.0 Å². The molecule has 3 rings (SSSR count). The van der Waals surface area contributed by atoms with Crippen molar-refractivity contribution in [1.82, 2.24) is 4.98 Å². The largest absolute Gasteiger partial charge is 0.482 e. The standard InChI is InChI=1S/C21H18ClN5O4/c1-14-4-7-16(8-5-14)25-20(28)13-31-19-9-6-15(11-17(19)22)12-24-26-21-18(27(29)30)3-2-10-23-21/h2-12H,13H2,1H3,(H,23,26)(H,25,28)/b24-12-. The number of rotatable bonds is 8. The molecule has 0 radical (unpaired) electrons. The third-order valence-corrected chi connectivity index (χ3v) is 4.31. The summed E-state index contributed by atoms with van der Waals surface area (Å²) in [4.78, 5) is 26.3. The summed E-state index contributed by atoms with van der Waals surface area (Å²) < 4.78 is 5.48. The van der Waals surface area contributed by atoms with Crippen LogP contribution in [-0.4, -0.2) is 28.6 Å². The van der Waals surface area contributed by atoms with Crippen LogP contribution in [0.5, 0.6) is 5.75 Å². The zero-order valence-corrected chi connectivity index (χ0v) is 17.2. The van der Waals surface area contributed by atoms with Crippen LogP contribution in [0.15, 0.2) is 65.9 Å². The van der Waals surface area contributed by atoms with Crippen molar-refractivity contribution in [3.63, 3.8) is 0 Å². The predicted octanol–water partition coefficient (Wildman–Crippen LogP) is 4.42. The maximum atomic E-state index is 12.0. The Kier molecular flexibility index (Phi) is 7.13. The van der Waals surface area contributed by atoms with Gasteiger partial charge in [0.2, 0.25) is 5.82 Å². The van der Waals surface area contributed by atoms with Crippen LogP contribution in [0.4, 0.5) is 17.2 Å². The van der Waals surface area contributed by atoms with Crippen molar-refractivity contribution in [2.45, 2.75) is 6.92 Å². The van der Waals surface area contributed by atoms with Crippen molar-refractivity contribution >= 4 is 40.9 Å². The fourth-order valence-corrected chi connectivity index (χ4v) is 2.73. The minimum absolute atomic E-state index is 0.0226. The van der Waals surface area contributed by atoms with Crippen molar-refractivity contribution < 1.29 is 14.5 Å². The van der Waals surface area contributed by atoms with E-state index in [0.29, 0.717) is 17.0 Å². The molecule has 0 aliphatic heterocycles. The molecule has 0 aliphatic rings. The van der Waals surface area contributed by atoms with Gasteiger partial charge in [-0.2, -0.15) is 5.10 Å². The zero-order valence-electron chi connectivity index (χ0n) is 16.4. The molecule has 3 aromatic rings. The number of pyridine rings is 1. The number of hydrogen-bond acceptors (Lipinski definition) is 7. The number of amides is 1. The number of aromatic nitrogens is 1. The van der Waals surface area contributed by atoms with E-state index in [1.165, 1.54) is 24.5 Å². The molecule has 1 aromatic heterocycles. The van der Waals surface area contributed by atoms with Gasteiger partial charge in [-0.25, -0.2) is 4.98 Å². The second kappa shape index (κ2) is 10.2. The molecule has 0 atom stereocenters. The van der Waals surface area contributed by atoms with Gasteiger partial charge in [-0.1, -0.05) is 29.3 Å². The highest BCUT2D eigenvalue weighted by Gasteiger charge is 2.13. The summed E-state index contributed by atoms with van der Waals surface area (Å²) in [6.45, 7) is 1.76. The van der Waals surface area contributed by atoms with E-state index in [1.54, 1.807) is 18.2 Å². The fourth-order valence-electron chi connectivity index (χ4n) is 2.49.